The monoisotopic (exact) mass is 1140 g/mol. The van der Waals surface area contributed by atoms with Gasteiger partial charge >= 0.3 is 5.65 Å². The Morgan fingerprint density at radius 3 is 2.05 bits per heavy atom. The average Bonchev–Trinajstić information content (AvgIpc) is 4.14. The molecule has 6 aromatic heterocycles. The highest BCUT2D eigenvalue weighted by molar-refractivity contribution is 7.65. The molecule has 0 aliphatic carbocycles. The molecule has 0 amide bonds. The van der Waals surface area contributed by atoms with Crippen LogP contribution >= 0.6 is 31.3 Å². The maximum absolute atomic E-state index is 13.5. The Kier molecular flexibility index (Phi) is 16.2. The largest absolute Gasteiger partial charge is 0.756 e. The van der Waals surface area contributed by atoms with Gasteiger partial charge in [-0.2, -0.15) is 4.98 Å². The molecule has 75 heavy (non-hydrogen) atoms. The summed E-state index contributed by atoms with van der Waals surface area (Å²) in [5, 5.41) is 41.6. The van der Waals surface area contributed by atoms with Crippen molar-refractivity contribution in [2.75, 3.05) is 57.3 Å². The van der Waals surface area contributed by atoms with E-state index < -0.39 is 137 Å². The second-order valence-electron chi connectivity index (χ2n) is 15.9. The number of phosphoric ester groups is 3. The van der Waals surface area contributed by atoms with Crippen molar-refractivity contribution in [1.29, 1.82) is 0 Å². The first-order chi connectivity index (χ1) is 35.2. The minimum atomic E-state index is -6.58. The number of hydrogen-bond acceptors (Lipinski definition) is 33. The smallest absolute Gasteiger partial charge is 0.313 e. The maximum atomic E-state index is 13.5. The lowest BCUT2D eigenvalue weighted by Gasteiger charge is -2.35. The molecule has 14 atom stereocenters. The molecular formula is C32H42N15O24P4-3. The molecular weight excluding hydrogens is 1100 g/mol. The first-order valence-electron chi connectivity index (χ1n) is 21.0. The van der Waals surface area contributed by atoms with Crippen molar-refractivity contribution in [3.63, 3.8) is 0 Å². The lowest BCUT2D eigenvalue weighted by Crippen LogP contribution is -2.46. The van der Waals surface area contributed by atoms with Crippen LogP contribution in [-0.2, 0) is 71.0 Å². The number of aliphatic hydroxyl groups excluding tert-OH is 4. The summed E-state index contributed by atoms with van der Waals surface area (Å²) in [6.45, 7) is -5.64. The molecule has 8 rings (SSSR count). The third kappa shape index (κ3) is 12.0. The van der Waals surface area contributed by atoms with Crippen molar-refractivity contribution in [2.45, 2.75) is 61.4 Å². The molecule has 39 nitrogen and oxygen atoms in total. The number of phosphoric acid groups is 4. The second kappa shape index (κ2) is 21.7. The number of aliphatic hydroxyl groups is 4. The Balaban J connectivity index is 0.932. The second-order valence-corrected chi connectivity index (χ2v) is 21.8. The van der Waals surface area contributed by atoms with Crippen LogP contribution < -0.4 is 52.5 Å². The van der Waals surface area contributed by atoms with Gasteiger partial charge in [-0.25, -0.2) is 33.1 Å². The number of aromatic nitrogens is 12. The molecule has 12 N–H and O–H groups in total. The van der Waals surface area contributed by atoms with E-state index >= 15 is 0 Å². The lowest BCUT2D eigenvalue weighted by atomic mass is 10.1. The molecule has 412 valence electrons. The number of nitrogen functional groups attached to an aromatic ring is 3. The summed E-state index contributed by atoms with van der Waals surface area (Å²) in [7, 11) is -22.3. The third-order valence-corrected chi connectivity index (χ3v) is 16.1. The van der Waals surface area contributed by atoms with Gasteiger partial charge in [-0.15, -0.1) is 0 Å². The normalized spacial score (nSPS) is 26.3. The summed E-state index contributed by atoms with van der Waals surface area (Å²) in [5.74, 6) is -0.777. The molecule has 6 aromatic rings. The molecule has 2 fully saturated rings. The topological polar surface area (TPSA) is 574 Å². The van der Waals surface area contributed by atoms with E-state index in [1.807, 2.05) is 0 Å². The van der Waals surface area contributed by atoms with E-state index in [1.165, 1.54) is 17.9 Å². The van der Waals surface area contributed by atoms with Crippen LogP contribution in [0.1, 0.15) is 18.7 Å². The molecule has 0 aromatic carbocycles. The number of anilines is 3. The number of nitrogens with two attached hydrogens (primary N) is 3. The predicted octanol–water partition coefficient (Wildman–Crippen LogP) is -6.99. The van der Waals surface area contributed by atoms with E-state index in [0.717, 1.165) is 39.8 Å². The van der Waals surface area contributed by atoms with Crippen LogP contribution in [0.3, 0.4) is 0 Å². The number of methoxy groups -OCH3 is 1. The molecule has 43 heteroatoms. The van der Waals surface area contributed by atoms with E-state index in [0.29, 0.717) is 0 Å². The number of ether oxygens (including phenoxy) is 4. The first kappa shape index (κ1) is 56.1. The van der Waals surface area contributed by atoms with E-state index in [9.17, 15) is 67.8 Å². The van der Waals surface area contributed by atoms with Crippen LogP contribution in [0.15, 0.2) is 34.9 Å². The number of hydrogen-bond donors (Lipinski definition) is 9. The summed E-state index contributed by atoms with van der Waals surface area (Å²) in [6.07, 6.45) is -12.8. The number of H-pyrrole nitrogens is 2. The Hall–Kier alpha value is -5.15. The molecule has 2 aliphatic heterocycles. The molecule has 2 saturated heterocycles. The van der Waals surface area contributed by atoms with Crippen molar-refractivity contribution in [1.82, 2.24) is 53.6 Å². The summed E-state index contributed by atoms with van der Waals surface area (Å²) in [4.78, 5) is 105. The summed E-state index contributed by atoms with van der Waals surface area (Å²) < 4.78 is 106. The van der Waals surface area contributed by atoms with Gasteiger partial charge in [0.15, 0.2) is 41.4 Å². The van der Waals surface area contributed by atoms with Gasteiger partial charge in [0.1, 0.15) is 61.2 Å². The number of nitrogens with one attached hydrogen (secondary N) is 2. The molecule has 8 heterocycles. The number of aromatic amines is 2. The van der Waals surface area contributed by atoms with E-state index in [2.05, 4.69) is 57.5 Å². The highest BCUT2D eigenvalue weighted by Gasteiger charge is 2.51. The van der Waals surface area contributed by atoms with Gasteiger partial charge in [0.2, 0.25) is 17.7 Å². The Morgan fingerprint density at radius 2 is 1.37 bits per heavy atom. The van der Waals surface area contributed by atoms with Crippen LogP contribution in [0.4, 0.5) is 17.7 Å². The number of imidazole rings is 3. The highest BCUT2D eigenvalue weighted by Crippen LogP contribution is 2.63. The standard InChI is InChI=1S/C32H45N15O24P4/c1-44-11-47(26-18(44)28(53)43-32(35)41-26)15(4-49)66-12(3-48)5-63-73(56,57)70-75(60,61)71-74(58,59)65-7-14-21(22(62-2)30(68-14)45-9-38-16-23(33)36-8-37-24(16)45)69-72(54,55)64-6-13-19(50)20(51)29(67-13)46-10-39-17-25(46)40-31(34)42-27(17)52/h8-15,19-22,29-30,48-51H,3-7H2,1-2H3,(H11-,33,34,35,36,37,40,41,42,43,52,53,54,55,56,57,58,59,60,61)/p-3/t12-,13+,14+,15+,19-,20?,21?,22-,29+,30+/m0/s1. The van der Waals surface area contributed by atoms with Crippen LogP contribution in [0, 0.1) is 0 Å². The zero-order valence-corrected chi connectivity index (χ0v) is 41.6. The van der Waals surface area contributed by atoms with Gasteiger partial charge in [-0.05, 0) is 0 Å². The third-order valence-electron chi connectivity index (χ3n) is 11.0. The van der Waals surface area contributed by atoms with Gasteiger partial charge < -0.3 is 94.2 Å². The minimum absolute atomic E-state index is 0.00986. The maximum Gasteiger partial charge on any atom is 0.313 e. The average molecular weight is 1140 g/mol. The quantitative estimate of drug-likeness (QED) is 0.0213. The van der Waals surface area contributed by atoms with Gasteiger partial charge in [-0.3, -0.25) is 51.5 Å². The summed E-state index contributed by atoms with van der Waals surface area (Å²) >= 11 is 0. The highest BCUT2D eigenvalue weighted by atomic mass is 31.3. The van der Waals surface area contributed by atoms with Gasteiger partial charge in [0.05, 0.1) is 46.1 Å². The van der Waals surface area contributed by atoms with E-state index in [1.54, 1.807) is 0 Å². The molecule has 6 unspecified atom stereocenters. The van der Waals surface area contributed by atoms with Crippen LogP contribution in [0.25, 0.3) is 33.5 Å². The number of aryl methyl sites for hydroxylation is 1. The Bertz CT molecular complexity index is 3390. The fraction of sp³-hybridized carbons (Fsp3) is 0.531. The van der Waals surface area contributed by atoms with Crippen molar-refractivity contribution >= 4 is 82.5 Å². The van der Waals surface area contributed by atoms with Gasteiger partial charge in [-0.1, -0.05) is 4.98 Å². The number of rotatable bonds is 23. The molecule has 0 radical (unpaired) electrons. The molecule has 0 spiro atoms. The van der Waals surface area contributed by atoms with Crippen molar-refractivity contribution in [3.8, 4) is 0 Å². The zero-order chi connectivity index (χ0) is 54.5. The molecule has 0 saturated carbocycles. The molecule has 0 bridgehead atoms. The summed E-state index contributed by atoms with van der Waals surface area (Å²) in [6, 6.07) is 0. The Labute approximate surface area is 415 Å². The van der Waals surface area contributed by atoms with Crippen molar-refractivity contribution in [3.05, 3.63) is 46.0 Å². The van der Waals surface area contributed by atoms with E-state index in [4.69, 9.17) is 45.2 Å². The SMILES string of the molecule is CO[C@H]1C(OP(=O)([O-])OC[C@H]2O[C@@H](n3cnc4c(=O)[nH]c(N)nc43)C(O)[C@H]2O)[C@@H](COP(=O)([O-])OP(=O)([O-])OP(=O)([O-])OC[C@H](CO)O[C@H](CO)[n+]2cn(C)c3c(=O)[nH]c(N)nc32)O[C@H]1n1cnc2c(N)ncnc21. The van der Waals surface area contributed by atoms with Crippen molar-refractivity contribution in [2.24, 2.45) is 7.05 Å². The summed E-state index contributed by atoms with van der Waals surface area (Å²) in [5.41, 5.74) is 15.2. The van der Waals surface area contributed by atoms with Crippen LogP contribution in [0.5, 0.6) is 0 Å². The minimum Gasteiger partial charge on any atom is -0.756 e. The lowest BCUT2D eigenvalue weighted by molar-refractivity contribution is -0.746. The fourth-order valence-corrected chi connectivity index (χ4v) is 12.1. The van der Waals surface area contributed by atoms with Crippen molar-refractivity contribution < 1.29 is 108 Å². The van der Waals surface area contributed by atoms with Crippen LogP contribution in [0.2, 0.25) is 0 Å². The van der Waals surface area contributed by atoms with Crippen LogP contribution in [-0.4, -0.2) is 157 Å². The molecule has 2 aliphatic rings. The first-order valence-corrected chi connectivity index (χ1v) is 26.9. The van der Waals surface area contributed by atoms with Gasteiger partial charge in [0.25, 0.3) is 48.4 Å². The predicted molar refractivity (Wildman–Crippen MR) is 232 cm³/mol. The van der Waals surface area contributed by atoms with E-state index in [-0.39, 0.29) is 51.2 Å². The zero-order valence-electron chi connectivity index (χ0n) is 38.1. The van der Waals surface area contributed by atoms with Gasteiger partial charge in [0, 0.05) is 7.11 Å². The number of nitrogens with zero attached hydrogens (tertiary/aromatic N) is 10. The fourth-order valence-electron chi connectivity index (χ4n) is 7.75. The number of fused-ring (bicyclic) bond motifs is 3. The Morgan fingerprint density at radius 1 is 0.760 bits per heavy atom.